The smallest absolute Gasteiger partial charge is 0.337 e. The molecule has 0 bridgehead atoms. The van der Waals surface area contributed by atoms with Crippen molar-refractivity contribution in [2.24, 2.45) is 0 Å². The molecule has 1 aromatic carbocycles. The fraction of sp³-hybridized carbons (Fsp3) is 0. The molecule has 0 fully saturated rings. The Morgan fingerprint density at radius 1 is 1.17 bits per heavy atom. The van der Waals surface area contributed by atoms with Gasteiger partial charge in [-0.05, 0) is 30.4 Å². The summed E-state index contributed by atoms with van der Waals surface area (Å²) in [4.78, 5) is 14.9. The average Bonchev–Trinajstić information content (AvgIpc) is 2.38. The van der Waals surface area contributed by atoms with E-state index < -0.39 is 5.97 Å². The van der Waals surface area contributed by atoms with Crippen molar-refractivity contribution in [1.82, 2.24) is 4.98 Å². The van der Waals surface area contributed by atoms with Crippen molar-refractivity contribution in [2.45, 2.75) is 0 Å². The summed E-state index contributed by atoms with van der Waals surface area (Å²) in [5, 5.41) is 8.97. The number of benzene rings is 1. The van der Waals surface area contributed by atoms with E-state index in [2.05, 4.69) is 4.98 Å². The van der Waals surface area contributed by atoms with Crippen LogP contribution >= 0.6 is 0 Å². The molecule has 18 heavy (non-hydrogen) atoms. The SMILES string of the molecule is O=C(O)c1cccnc1/C=C/c1ccccc1F. The number of hydrogen-bond donors (Lipinski definition) is 1. The zero-order valence-electron chi connectivity index (χ0n) is 9.38. The lowest BCUT2D eigenvalue weighted by Crippen LogP contribution is -2.00. The Morgan fingerprint density at radius 2 is 1.94 bits per heavy atom. The van der Waals surface area contributed by atoms with Crippen LogP contribution in [0.3, 0.4) is 0 Å². The minimum atomic E-state index is -1.06. The highest BCUT2D eigenvalue weighted by atomic mass is 19.1. The van der Waals surface area contributed by atoms with Crippen molar-refractivity contribution < 1.29 is 14.3 Å². The summed E-state index contributed by atoms with van der Waals surface area (Å²) in [6.45, 7) is 0. The van der Waals surface area contributed by atoms with E-state index in [-0.39, 0.29) is 11.4 Å². The van der Waals surface area contributed by atoms with E-state index in [9.17, 15) is 9.18 Å². The van der Waals surface area contributed by atoms with Crippen LogP contribution in [0, 0.1) is 5.82 Å². The molecular weight excluding hydrogens is 233 g/mol. The molecule has 2 rings (SSSR count). The Labute approximate surface area is 103 Å². The van der Waals surface area contributed by atoms with Crippen LogP contribution in [0.25, 0.3) is 12.2 Å². The Hall–Kier alpha value is -2.49. The van der Waals surface area contributed by atoms with Crippen LogP contribution in [0.2, 0.25) is 0 Å². The molecule has 90 valence electrons. The molecule has 0 unspecified atom stereocenters. The number of aromatic carboxylic acids is 1. The Balaban J connectivity index is 2.35. The van der Waals surface area contributed by atoms with E-state index in [1.807, 2.05) is 0 Å². The molecule has 1 heterocycles. The third-order valence-corrected chi connectivity index (χ3v) is 2.39. The predicted octanol–water partition coefficient (Wildman–Crippen LogP) is 3.09. The Morgan fingerprint density at radius 3 is 2.67 bits per heavy atom. The van der Waals surface area contributed by atoms with Crippen molar-refractivity contribution in [3.05, 3.63) is 65.2 Å². The quantitative estimate of drug-likeness (QED) is 0.901. The third kappa shape index (κ3) is 2.60. The van der Waals surface area contributed by atoms with Crippen LogP contribution in [0.15, 0.2) is 42.6 Å². The molecule has 1 aromatic heterocycles. The molecule has 0 saturated heterocycles. The molecule has 1 N–H and O–H groups in total. The van der Waals surface area contributed by atoms with Crippen molar-refractivity contribution >= 4 is 18.1 Å². The Bertz CT molecular complexity index is 608. The van der Waals surface area contributed by atoms with Crippen molar-refractivity contribution in [3.8, 4) is 0 Å². The molecule has 2 aromatic rings. The van der Waals surface area contributed by atoms with Gasteiger partial charge in [-0.15, -0.1) is 0 Å². The standard InChI is InChI=1S/C14H10FNO2/c15-12-6-2-1-4-10(12)7-8-13-11(14(17)18)5-3-9-16-13/h1-9H,(H,17,18)/b8-7+. The minimum absolute atomic E-state index is 0.0880. The molecule has 0 radical (unpaired) electrons. The highest BCUT2D eigenvalue weighted by Crippen LogP contribution is 2.13. The highest BCUT2D eigenvalue weighted by molar-refractivity contribution is 5.92. The first-order chi connectivity index (χ1) is 8.68. The molecule has 0 aliphatic rings. The summed E-state index contributed by atoms with van der Waals surface area (Å²) >= 11 is 0. The van der Waals surface area contributed by atoms with Crippen molar-refractivity contribution in [2.75, 3.05) is 0 Å². The van der Waals surface area contributed by atoms with Gasteiger partial charge >= 0.3 is 5.97 Å². The first kappa shape index (κ1) is 12.0. The van der Waals surface area contributed by atoms with Gasteiger partial charge < -0.3 is 5.11 Å². The van der Waals surface area contributed by atoms with Gasteiger partial charge in [0.15, 0.2) is 0 Å². The average molecular weight is 243 g/mol. The van der Waals surface area contributed by atoms with Crippen molar-refractivity contribution in [3.63, 3.8) is 0 Å². The molecule has 0 saturated carbocycles. The molecule has 0 spiro atoms. The normalized spacial score (nSPS) is 10.7. The minimum Gasteiger partial charge on any atom is -0.478 e. The Kier molecular flexibility index (Phi) is 3.48. The zero-order valence-corrected chi connectivity index (χ0v) is 9.38. The zero-order chi connectivity index (χ0) is 13.0. The first-order valence-electron chi connectivity index (χ1n) is 5.29. The third-order valence-electron chi connectivity index (χ3n) is 2.39. The monoisotopic (exact) mass is 243 g/mol. The molecule has 0 amide bonds. The summed E-state index contributed by atoms with van der Waals surface area (Å²) in [7, 11) is 0. The van der Waals surface area contributed by atoms with Gasteiger partial charge in [-0.2, -0.15) is 0 Å². The van der Waals surface area contributed by atoms with Gasteiger partial charge in [0.05, 0.1) is 11.3 Å². The molecule has 4 heteroatoms. The van der Waals surface area contributed by atoms with Crippen LogP contribution < -0.4 is 0 Å². The largest absolute Gasteiger partial charge is 0.478 e. The molecule has 3 nitrogen and oxygen atoms in total. The summed E-state index contributed by atoms with van der Waals surface area (Å²) < 4.78 is 13.4. The number of hydrogen-bond acceptors (Lipinski definition) is 2. The van der Waals surface area contributed by atoms with Crippen molar-refractivity contribution in [1.29, 1.82) is 0 Å². The summed E-state index contributed by atoms with van der Waals surface area (Å²) in [6.07, 6.45) is 4.49. The second-order valence-electron chi connectivity index (χ2n) is 3.60. The lowest BCUT2D eigenvalue weighted by Gasteiger charge is -1.99. The van der Waals surface area contributed by atoms with Gasteiger partial charge in [0, 0.05) is 11.8 Å². The number of halogens is 1. The van der Waals surface area contributed by atoms with Gasteiger partial charge in [0.1, 0.15) is 5.82 Å². The van der Waals surface area contributed by atoms with Crippen LogP contribution in [-0.4, -0.2) is 16.1 Å². The summed E-state index contributed by atoms with van der Waals surface area (Å²) in [5.74, 6) is -1.42. The topological polar surface area (TPSA) is 50.2 Å². The van der Waals surface area contributed by atoms with Crippen LogP contribution in [0.5, 0.6) is 0 Å². The lowest BCUT2D eigenvalue weighted by molar-refractivity contribution is 0.0696. The maximum Gasteiger partial charge on any atom is 0.337 e. The summed E-state index contributed by atoms with van der Waals surface area (Å²) in [5.41, 5.74) is 0.776. The molecule has 0 atom stereocenters. The number of nitrogens with zero attached hydrogens (tertiary/aromatic N) is 1. The maximum absolute atomic E-state index is 13.4. The lowest BCUT2D eigenvalue weighted by atomic mass is 10.1. The van der Waals surface area contributed by atoms with E-state index in [4.69, 9.17) is 5.11 Å². The fourth-order valence-corrected chi connectivity index (χ4v) is 1.51. The molecule has 0 aliphatic carbocycles. The van der Waals surface area contributed by atoms with Crippen LogP contribution in [0.1, 0.15) is 21.6 Å². The number of carboxylic acids is 1. The first-order valence-corrected chi connectivity index (χ1v) is 5.29. The summed E-state index contributed by atoms with van der Waals surface area (Å²) in [6, 6.07) is 9.25. The van der Waals surface area contributed by atoms with Gasteiger partial charge in [0.25, 0.3) is 0 Å². The van der Waals surface area contributed by atoms with E-state index >= 15 is 0 Å². The highest BCUT2D eigenvalue weighted by Gasteiger charge is 2.07. The second-order valence-corrected chi connectivity index (χ2v) is 3.60. The molecular formula is C14H10FNO2. The van der Waals surface area contributed by atoms with Gasteiger partial charge in [-0.1, -0.05) is 18.2 Å². The molecule has 0 aliphatic heterocycles. The number of aromatic nitrogens is 1. The second kappa shape index (κ2) is 5.23. The van der Waals surface area contributed by atoms with E-state index in [1.165, 1.54) is 30.5 Å². The van der Waals surface area contributed by atoms with E-state index in [1.54, 1.807) is 24.3 Å². The van der Waals surface area contributed by atoms with E-state index in [0.29, 0.717) is 11.3 Å². The van der Waals surface area contributed by atoms with Gasteiger partial charge in [0.2, 0.25) is 0 Å². The number of carbonyl (C=O) groups is 1. The van der Waals surface area contributed by atoms with Gasteiger partial charge in [-0.3, -0.25) is 4.98 Å². The van der Waals surface area contributed by atoms with E-state index in [0.717, 1.165) is 0 Å². The maximum atomic E-state index is 13.4. The fourth-order valence-electron chi connectivity index (χ4n) is 1.51. The number of pyridine rings is 1. The van der Waals surface area contributed by atoms with Gasteiger partial charge in [-0.25, -0.2) is 9.18 Å². The van der Waals surface area contributed by atoms with Crippen LogP contribution in [-0.2, 0) is 0 Å². The predicted molar refractivity (Wildman–Crippen MR) is 66.5 cm³/mol. The van der Waals surface area contributed by atoms with Crippen LogP contribution in [0.4, 0.5) is 4.39 Å². The number of carboxylic acid groups (broad SMARTS) is 1. The number of rotatable bonds is 3.